The van der Waals surface area contributed by atoms with Gasteiger partial charge in [-0.1, -0.05) is 0 Å². The molecule has 0 unspecified atom stereocenters. The summed E-state index contributed by atoms with van der Waals surface area (Å²) in [5.41, 5.74) is 0. The van der Waals surface area contributed by atoms with Gasteiger partial charge in [0.1, 0.15) is 0 Å². The second-order valence-corrected chi connectivity index (χ2v) is 15.4. The molecule has 1 rings (SSSR count). The zero-order valence-electron chi connectivity index (χ0n) is 13.8. The van der Waals surface area contributed by atoms with Crippen LogP contribution in [-0.2, 0) is 0 Å². The molecular formula is C14H26O4Si2. The highest BCUT2D eigenvalue weighted by atomic mass is 28.4. The van der Waals surface area contributed by atoms with Gasteiger partial charge >= 0.3 is 0 Å². The van der Waals surface area contributed by atoms with Crippen molar-refractivity contribution in [3.8, 4) is 23.0 Å². The molecule has 0 fully saturated rings. The van der Waals surface area contributed by atoms with E-state index in [0.717, 1.165) is 0 Å². The molecule has 0 heterocycles. The first-order valence-corrected chi connectivity index (χ1v) is 13.5. The maximum Gasteiger partial charge on any atom is 0.242 e. The minimum Gasteiger partial charge on any atom is -0.542 e. The van der Waals surface area contributed by atoms with Crippen molar-refractivity contribution < 1.29 is 18.3 Å². The van der Waals surface area contributed by atoms with Crippen LogP contribution in [0.3, 0.4) is 0 Å². The summed E-state index contributed by atoms with van der Waals surface area (Å²) in [7, 11) is -0.154. The second-order valence-electron chi connectivity index (χ2n) is 6.58. The fraction of sp³-hybridized carbons (Fsp3) is 0.571. The van der Waals surface area contributed by atoms with Crippen LogP contribution in [0.1, 0.15) is 0 Å². The summed E-state index contributed by atoms with van der Waals surface area (Å²) >= 11 is 0. The molecule has 1 aromatic carbocycles. The van der Waals surface area contributed by atoms with Gasteiger partial charge in [0.15, 0.2) is 23.0 Å². The average Bonchev–Trinajstić information content (AvgIpc) is 2.26. The van der Waals surface area contributed by atoms with E-state index in [4.69, 9.17) is 18.3 Å². The van der Waals surface area contributed by atoms with E-state index in [0.29, 0.717) is 23.0 Å². The molecule has 0 radical (unpaired) electrons. The molecule has 0 aliphatic rings. The Labute approximate surface area is 124 Å². The Bertz CT molecular complexity index is 418. The summed E-state index contributed by atoms with van der Waals surface area (Å²) in [5, 5.41) is 0. The van der Waals surface area contributed by atoms with Gasteiger partial charge in [0.25, 0.3) is 0 Å². The predicted octanol–water partition coefficient (Wildman–Crippen LogP) is 4.13. The van der Waals surface area contributed by atoms with Gasteiger partial charge in [-0.3, -0.25) is 0 Å². The minimum absolute atomic E-state index is 0.682. The number of rotatable bonds is 6. The zero-order valence-corrected chi connectivity index (χ0v) is 15.8. The van der Waals surface area contributed by atoms with Crippen molar-refractivity contribution in [2.45, 2.75) is 39.3 Å². The normalized spacial score (nSPS) is 12.0. The monoisotopic (exact) mass is 314 g/mol. The Hall–Kier alpha value is -1.15. The van der Waals surface area contributed by atoms with Crippen LogP contribution in [0.15, 0.2) is 12.1 Å². The number of methoxy groups -OCH3 is 2. The molecule has 0 saturated carbocycles. The van der Waals surface area contributed by atoms with E-state index in [2.05, 4.69) is 39.3 Å². The van der Waals surface area contributed by atoms with Gasteiger partial charge in [-0.25, -0.2) is 0 Å². The van der Waals surface area contributed by atoms with Crippen LogP contribution in [0.5, 0.6) is 23.0 Å². The van der Waals surface area contributed by atoms with Crippen molar-refractivity contribution in [2.24, 2.45) is 0 Å². The van der Waals surface area contributed by atoms with Gasteiger partial charge < -0.3 is 18.3 Å². The van der Waals surface area contributed by atoms with Crippen molar-refractivity contribution >= 4 is 16.6 Å². The maximum absolute atomic E-state index is 6.04. The third-order valence-corrected chi connectivity index (χ3v) is 3.95. The summed E-state index contributed by atoms with van der Waals surface area (Å²) in [6.45, 7) is 12.8. The summed E-state index contributed by atoms with van der Waals surface area (Å²) in [5.74, 6) is 2.79. The molecule has 0 bridgehead atoms. The number of ether oxygens (including phenoxy) is 2. The van der Waals surface area contributed by atoms with E-state index < -0.39 is 16.6 Å². The summed E-state index contributed by atoms with van der Waals surface area (Å²) in [4.78, 5) is 0. The van der Waals surface area contributed by atoms with Crippen LogP contribution in [0, 0.1) is 0 Å². The second kappa shape index (κ2) is 6.09. The van der Waals surface area contributed by atoms with Crippen LogP contribution < -0.4 is 18.3 Å². The third kappa shape index (κ3) is 5.09. The molecule has 0 aliphatic heterocycles. The number of benzene rings is 1. The molecule has 0 spiro atoms. The molecule has 0 N–H and O–H groups in total. The van der Waals surface area contributed by atoms with Crippen LogP contribution in [0.25, 0.3) is 0 Å². The van der Waals surface area contributed by atoms with E-state index >= 15 is 0 Å². The number of hydrogen-bond donors (Lipinski definition) is 0. The topological polar surface area (TPSA) is 36.9 Å². The lowest BCUT2D eigenvalue weighted by Crippen LogP contribution is -2.30. The quantitative estimate of drug-likeness (QED) is 0.740. The van der Waals surface area contributed by atoms with E-state index in [1.54, 1.807) is 14.2 Å². The molecule has 20 heavy (non-hydrogen) atoms. The Morgan fingerprint density at radius 2 is 0.900 bits per heavy atom. The highest BCUT2D eigenvalue weighted by Gasteiger charge is 2.24. The van der Waals surface area contributed by atoms with Crippen molar-refractivity contribution in [3.05, 3.63) is 12.1 Å². The number of hydrogen-bond acceptors (Lipinski definition) is 4. The zero-order chi connectivity index (χ0) is 15.6. The van der Waals surface area contributed by atoms with Crippen molar-refractivity contribution in [1.82, 2.24) is 0 Å². The van der Waals surface area contributed by atoms with Gasteiger partial charge in [0.05, 0.1) is 14.2 Å². The molecule has 0 amide bonds. The molecule has 6 heteroatoms. The largest absolute Gasteiger partial charge is 0.542 e. The third-order valence-electron chi connectivity index (χ3n) is 2.28. The van der Waals surface area contributed by atoms with Crippen LogP contribution >= 0.6 is 0 Å². The first-order chi connectivity index (χ1) is 9.05. The van der Waals surface area contributed by atoms with Gasteiger partial charge in [0, 0.05) is 12.1 Å². The molecule has 0 atom stereocenters. The lowest BCUT2D eigenvalue weighted by Gasteiger charge is -2.25. The standard InChI is InChI=1S/C14H26O4Si2/c1-15-11-9-14(18-20(6,7)8)12(16-2)10-13(11)17-19(3,4)5/h9-10H,1-8H3. The van der Waals surface area contributed by atoms with E-state index in [1.807, 2.05) is 12.1 Å². The lowest BCUT2D eigenvalue weighted by molar-refractivity contribution is 0.369. The van der Waals surface area contributed by atoms with Crippen molar-refractivity contribution in [3.63, 3.8) is 0 Å². The van der Waals surface area contributed by atoms with Crippen molar-refractivity contribution in [2.75, 3.05) is 14.2 Å². The van der Waals surface area contributed by atoms with E-state index in [1.165, 1.54) is 0 Å². The molecule has 114 valence electrons. The molecule has 0 aromatic heterocycles. The SMILES string of the molecule is COc1cc(O[Si](C)(C)C)c(OC)cc1O[Si](C)(C)C. The summed E-state index contributed by atoms with van der Waals surface area (Å²) in [6.07, 6.45) is 0. The Morgan fingerprint density at radius 1 is 0.600 bits per heavy atom. The minimum atomic E-state index is -1.71. The fourth-order valence-electron chi connectivity index (χ4n) is 1.66. The van der Waals surface area contributed by atoms with Crippen LogP contribution in [0.4, 0.5) is 0 Å². The van der Waals surface area contributed by atoms with Gasteiger partial charge in [-0.05, 0) is 39.3 Å². The molecular weight excluding hydrogens is 288 g/mol. The molecule has 0 aliphatic carbocycles. The van der Waals surface area contributed by atoms with E-state index in [9.17, 15) is 0 Å². The Balaban J connectivity index is 3.23. The maximum atomic E-state index is 6.04. The Kier molecular flexibility index (Phi) is 5.15. The first kappa shape index (κ1) is 16.9. The van der Waals surface area contributed by atoms with E-state index in [-0.39, 0.29) is 0 Å². The smallest absolute Gasteiger partial charge is 0.242 e. The van der Waals surface area contributed by atoms with Crippen LogP contribution in [0.2, 0.25) is 39.3 Å². The van der Waals surface area contributed by atoms with Gasteiger partial charge in [0.2, 0.25) is 16.6 Å². The summed E-state index contributed by atoms with van der Waals surface area (Å²) < 4.78 is 22.9. The van der Waals surface area contributed by atoms with Gasteiger partial charge in [-0.2, -0.15) is 0 Å². The first-order valence-electron chi connectivity index (χ1n) is 6.70. The Morgan fingerprint density at radius 3 is 1.10 bits per heavy atom. The highest BCUT2D eigenvalue weighted by Crippen LogP contribution is 2.41. The molecule has 4 nitrogen and oxygen atoms in total. The predicted molar refractivity (Wildman–Crippen MR) is 87.5 cm³/mol. The fourth-order valence-corrected chi connectivity index (χ4v) is 3.30. The molecule has 0 saturated heterocycles. The highest BCUT2D eigenvalue weighted by molar-refractivity contribution is 6.70. The van der Waals surface area contributed by atoms with Crippen LogP contribution in [-0.4, -0.2) is 30.9 Å². The summed E-state index contributed by atoms with van der Waals surface area (Å²) in [6, 6.07) is 3.71. The lowest BCUT2D eigenvalue weighted by atomic mass is 10.3. The average molecular weight is 315 g/mol. The molecule has 1 aromatic rings. The van der Waals surface area contributed by atoms with Crippen molar-refractivity contribution in [1.29, 1.82) is 0 Å². The van der Waals surface area contributed by atoms with Gasteiger partial charge in [-0.15, -0.1) is 0 Å².